The lowest BCUT2D eigenvalue weighted by Gasteiger charge is -2.12. The number of carbonyl (C=O) groups is 2. The molecule has 0 amide bonds. The number of allylic oxidation sites excluding steroid dienone is 1. The number of esters is 2. The van der Waals surface area contributed by atoms with Crippen LogP contribution in [0.5, 0.6) is 0 Å². The highest BCUT2D eigenvalue weighted by Crippen LogP contribution is 2.19. The van der Waals surface area contributed by atoms with Crippen LogP contribution in [0.2, 0.25) is 0 Å². The van der Waals surface area contributed by atoms with Gasteiger partial charge in [-0.1, -0.05) is 22.0 Å². The van der Waals surface area contributed by atoms with Gasteiger partial charge >= 0.3 is 11.9 Å². The van der Waals surface area contributed by atoms with Gasteiger partial charge in [-0.25, -0.2) is 9.59 Å². The van der Waals surface area contributed by atoms with Gasteiger partial charge in [0.15, 0.2) is 5.57 Å². The molecule has 21 heavy (non-hydrogen) atoms. The van der Waals surface area contributed by atoms with Gasteiger partial charge in [-0.15, -0.1) is 0 Å². The van der Waals surface area contributed by atoms with Crippen LogP contribution in [0.15, 0.2) is 40.0 Å². The normalized spacial score (nSPS) is 9.71. The van der Waals surface area contributed by atoms with E-state index in [0.717, 1.165) is 10.2 Å². The molecule has 1 N–H and O–H groups in total. The third kappa shape index (κ3) is 5.23. The van der Waals surface area contributed by atoms with Crippen LogP contribution in [0.25, 0.3) is 0 Å². The molecule has 0 fully saturated rings. The molecule has 6 heteroatoms. The number of halogens is 1. The lowest BCUT2D eigenvalue weighted by molar-refractivity contribution is -0.146. The van der Waals surface area contributed by atoms with Crippen LogP contribution >= 0.6 is 15.9 Å². The van der Waals surface area contributed by atoms with Crippen molar-refractivity contribution in [2.45, 2.75) is 20.8 Å². The van der Waals surface area contributed by atoms with Crippen molar-refractivity contribution in [1.29, 1.82) is 0 Å². The monoisotopic (exact) mass is 355 g/mol. The van der Waals surface area contributed by atoms with Crippen molar-refractivity contribution in [3.8, 4) is 0 Å². The molecule has 1 aromatic rings. The average molecular weight is 356 g/mol. The smallest absolute Gasteiger partial charge is 0.347 e. The van der Waals surface area contributed by atoms with Crippen LogP contribution in [-0.2, 0) is 19.1 Å². The minimum absolute atomic E-state index is 0.126. The predicted molar refractivity (Wildman–Crippen MR) is 83.7 cm³/mol. The molecule has 5 nitrogen and oxygen atoms in total. The van der Waals surface area contributed by atoms with Gasteiger partial charge in [-0.2, -0.15) is 0 Å². The van der Waals surface area contributed by atoms with Crippen LogP contribution in [-0.4, -0.2) is 25.2 Å². The first-order valence-corrected chi connectivity index (χ1v) is 7.36. The number of hydrogen-bond donors (Lipinski definition) is 1. The number of benzene rings is 1. The van der Waals surface area contributed by atoms with Gasteiger partial charge < -0.3 is 14.8 Å². The van der Waals surface area contributed by atoms with E-state index >= 15 is 0 Å². The van der Waals surface area contributed by atoms with Gasteiger partial charge in [-0.05, 0) is 39.0 Å². The molecule has 0 unspecified atom stereocenters. The van der Waals surface area contributed by atoms with Crippen LogP contribution < -0.4 is 5.32 Å². The van der Waals surface area contributed by atoms with Gasteiger partial charge in [0.25, 0.3) is 0 Å². The summed E-state index contributed by atoms with van der Waals surface area (Å²) >= 11 is 3.36. The fourth-order valence-corrected chi connectivity index (χ4v) is 2.04. The lowest BCUT2D eigenvalue weighted by atomic mass is 10.2. The van der Waals surface area contributed by atoms with Crippen molar-refractivity contribution in [2.24, 2.45) is 0 Å². The zero-order valence-electron chi connectivity index (χ0n) is 12.2. The lowest BCUT2D eigenvalue weighted by Crippen LogP contribution is -2.22. The van der Waals surface area contributed by atoms with Crippen molar-refractivity contribution in [1.82, 2.24) is 0 Å². The Balaban J connectivity index is 3.07. The SMILES string of the molecule is CCOC(=O)C(C(=O)OCC)=C(C)Nc1cccc(Br)c1. The zero-order valence-corrected chi connectivity index (χ0v) is 13.8. The van der Waals surface area contributed by atoms with Crippen molar-refractivity contribution in [2.75, 3.05) is 18.5 Å². The van der Waals surface area contributed by atoms with E-state index in [1.54, 1.807) is 20.8 Å². The Morgan fingerprint density at radius 1 is 1.14 bits per heavy atom. The van der Waals surface area contributed by atoms with E-state index in [2.05, 4.69) is 21.2 Å². The van der Waals surface area contributed by atoms with Gasteiger partial charge in [0.2, 0.25) is 0 Å². The molecule has 0 bridgehead atoms. The topological polar surface area (TPSA) is 64.6 Å². The summed E-state index contributed by atoms with van der Waals surface area (Å²) in [4.78, 5) is 23.9. The third-order valence-corrected chi connectivity index (χ3v) is 2.98. The predicted octanol–water partition coefficient (Wildman–Crippen LogP) is 3.26. The summed E-state index contributed by atoms with van der Waals surface area (Å²) < 4.78 is 10.7. The summed E-state index contributed by atoms with van der Waals surface area (Å²) in [5.41, 5.74) is 0.997. The molecule has 1 aromatic carbocycles. The van der Waals surface area contributed by atoms with Crippen LogP contribution in [0.4, 0.5) is 5.69 Å². The number of anilines is 1. The highest BCUT2D eigenvalue weighted by Gasteiger charge is 2.24. The highest BCUT2D eigenvalue weighted by atomic mass is 79.9. The first kappa shape index (κ1) is 17.2. The highest BCUT2D eigenvalue weighted by molar-refractivity contribution is 9.10. The van der Waals surface area contributed by atoms with Crippen LogP contribution in [0, 0.1) is 0 Å². The van der Waals surface area contributed by atoms with E-state index < -0.39 is 11.9 Å². The second kappa shape index (κ2) is 8.46. The van der Waals surface area contributed by atoms with E-state index in [0.29, 0.717) is 5.70 Å². The molecule has 0 aliphatic heterocycles. The summed E-state index contributed by atoms with van der Waals surface area (Å²) in [5.74, 6) is -1.40. The largest absolute Gasteiger partial charge is 0.462 e. The average Bonchev–Trinajstić information content (AvgIpc) is 2.39. The molecule has 0 saturated carbocycles. The maximum absolute atomic E-state index is 11.9. The molecule has 1 rings (SSSR count). The summed E-state index contributed by atoms with van der Waals surface area (Å²) in [5, 5.41) is 3.01. The fraction of sp³-hybridized carbons (Fsp3) is 0.333. The Hall–Kier alpha value is -1.82. The quantitative estimate of drug-likeness (QED) is 0.367. The fourth-order valence-electron chi connectivity index (χ4n) is 1.64. The number of rotatable bonds is 6. The molecule has 114 valence electrons. The minimum Gasteiger partial charge on any atom is -0.462 e. The van der Waals surface area contributed by atoms with E-state index in [4.69, 9.17) is 9.47 Å². The third-order valence-electron chi connectivity index (χ3n) is 2.49. The van der Waals surface area contributed by atoms with Crippen molar-refractivity contribution < 1.29 is 19.1 Å². The summed E-state index contributed by atoms with van der Waals surface area (Å²) in [6, 6.07) is 7.37. The van der Waals surface area contributed by atoms with Gasteiger partial charge in [0, 0.05) is 15.9 Å². The molecule has 0 aliphatic rings. The Labute approximate surface area is 132 Å². The van der Waals surface area contributed by atoms with Gasteiger partial charge in [0.05, 0.1) is 13.2 Å². The number of carbonyl (C=O) groups excluding carboxylic acids is 2. The Morgan fingerprint density at radius 2 is 1.71 bits per heavy atom. The van der Waals surface area contributed by atoms with Crippen molar-refractivity contribution >= 4 is 33.6 Å². The van der Waals surface area contributed by atoms with E-state index in [9.17, 15) is 9.59 Å². The molecular weight excluding hydrogens is 338 g/mol. The zero-order chi connectivity index (χ0) is 15.8. The van der Waals surface area contributed by atoms with E-state index in [-0.39, 0.29) is 18.8 Å². The first-order chi connectivity index (χ1) is 9.99. The maximum Gasteiger partial charge on any atom is 0.347 e. The van der Waals surface area contributed by atoms with Crippen LogP contribution in [0.3, 0.4) is 0 Å². The molecule has 0 atom stereocenters. The van der Waals surface area contributed by atoms with Crippen molar-refractivity contribution in [3.63, 3.8) is 0 Å². The van der Waals surface area contributed by atoms with E-state index in [1.807, 2.05) is 24.3 Å². The van der Waals surface area contributed by atoms with Gasteiger partial charge in [-0.3, -0.25) is 0 Å². The molecule has 0 aliphatic carbocycles. The summed E-state index contributed by atoms with van der Waals surface area (Å²) in [6.07, 6.45) is 0. The molecular formula is C15H18BrNO4. The van der Waals surface area contributed by atoms with Crippen molar-refractivity contribution in [3.05, 3.63) is 40.0 Å². The minimum atomic E-state index is -0.698. The number of nitrogens with one attached hydrogen (secondary N) is 1. The van der Waals surface area contributed by atoms with E-state index in [1.165, 1.54) is 0 Å². The summed E-state index contributed by atoms with van der Waals surface area (Å²) in [7, 11) is 0. The number of ether oxygens (including phenoxy) is 2. The summed E-state index contributed by atoms with van der Waals surface area (Å²) in [6.45, 7) is 5.36. The van der Waals surface area contributed by atoms with Crippen LogP contribution in [0.1, 0.15) is 20.8 Å². The molecule has 0 saturated heterocycles. The van der Waals surface area contributed by atoms with Gasteiger partial charge in [0.1, 0.15) is 0 Å². The second-order valence-electron chi connectivity index (χ2n) is 4.08. The number of hydrogen-bond acceptors (Lipinski definition) is 5. The molecule has 0 heterocycles. The molecule has 0 aromatic heterocycles. The molecule has 0 radical (unpaired) electrons. The Bertz CT molecular complexity index is 534. The molecule has 0 spiro atoms. The Kier molecular flexibility index (Phi) is 6.94. The Morgan fingerprint density at radius 3 is 2.19 bits per heavy atom. The second-order valence-corrected chi connectivity index (χ2v) is 4.99. The first-order valence-electron chi connectivity index (χ1n) is 6.57. The standard InChI is InChI=1S/C15H18BrNO4/c1-4-20-14(18)13(15(19)21-5-2)10(3)17-12-8-6-7-11(16)9-12/h6-9,17H,4-5H2,1-3H3. The maximum atomic E-state index is 11.9.